The molecule has 0 N–H and O–H groups in total. The van der Waals surface area contributed by atoms with Gasteiger partial charge in [0, 0.05) is 48.7 Å². The molecular formula is C23H42O9S3. The zero-order chi connectivity index (χ0) is 26.2. The fourth-order valence-corrected chi connectivity index (χ4v) is 3.24. The van der Waals surface area contributed by atoms with Crippen molar-refractivity contribution in [1.82, 2.24) is 0 Å². The largest absolute Gasteiger partial charge is 0.466 e. The molecule has 0 saturated carbocycles. The molecule has 0 radical (unpaired) electrons. The number of carbonyl (C=O) groups excluding carboxylic acids is 3. The van der Waals surface area contributed by atoms with Gasteiger partial charge in [0.25, 0.3) is 0 Å². The quantitative estimate of drug-likeness (QED) is 0.0714. The lowest BCUT2D eigenvalue weighted by atomic mass is 9.88. The fourth-order valence-electron chi connectivity index (χ4n) is 2.70. The molecule has 0 bridgehead atoms. The third kappa shape index (κ3) is 20.1. The summed E-state index contributed by atoms with van der Waals surface area (Å²) in [5.41, 5.74) is -0.402. The smallest absolute Gasteiger partial charge is 0.306 e. The van der Waals surface area contributed by atoms with Crippen LogP contribution in [0.1, 0.15) is 45.4 Å². The van der Waals surface area contributed by atoms with E-state index in [9.17, 15) is 14.4 Å². The van der Waals surface area contributed by atoms with Gasteiger partial charge in [-0.15, -0.1) is 0 Å². The maximum atomic E-state index is 11.4. The lowest BCUT2D eigenvalue weighted by Gasteiger charge is -2.32. The molecule has 0 heterocycles. The second-order valence-electron chi connectivity index (χ2n) is 7.80. The Balaban J connectivity index is 4.47. The summed E-state index contributed by atoms with van der Waals surface area (Å²) in [6.07, 6.45) is 2.74. The second kappa shape index (κ2) is 23.7. The van der Waals surface area contributed by atoms with Crippen molar-refractivity contribution in [2.45, 2.75) is 45.4 Å². The molecule has 0 spiro atoms. The van der Waals surface area contributed by atoms with Crippen LogP contribution in [0.3, 0.4) is 0 Å². The average Bonchev–Trinajstić information content (AvgIpc) is 2.83. The maximum absolute atomic E-state index is 11.4. The van der Waals surface area contributed by atoms with Gasteiger partial charge >= 0.3 is 17.9 Å². The van der Waals surface area contributed by atoms with Crippen molar-refractivity contribution >= 4 is 55.8 Å². The van der Waals surface area contributed by atoms with Gasteiger partial charge in [-0.25, -0.2) is 0 Å². The Morgan fingerprint density at radius 2 is 0.943 bits per heavy atom. The van der Waals surface area contributed by atoms with E-state index in [0.29, 0.717) is 76.3 Å². The van der Waals surface area contributed by atoms with E-state index in [1.165, 1.54) is 0 Å². The Labute approximate surface area is 225 Å². The lowest BCUT2D eigenvalue weighted by Crippen LogP contribution is -2.37. The predicted molar refractivity (Wildman–Crippen MR) is 143 cm³/mol. The predicted octanol–water partition coefficient (Wildman–Crippen LogP) is 2.80. The minimum absolute atomic E-state index is 0.170. The number of thiol groups is 3. The van der Waals surface area contributed by atoms with Crippen molar-refractivity contribution in [1.29, 1.82) is 0 Å². The number of rotatable bonds is 24. The number of ether oxygens (including phenoxy) is 6. The first-order valence-electron chi connectivity index (χ1n) is 12.0. The van der Waals surface area contributed by atoms with E-state index in [1.807, 2.05) is 6.92 Å². The maximum Gasteiger partial charge on any atom is 0.306 e. The van der Waals surface area contributed by atoms with Crippen LogP contribution in [0.25, 0.3) is 0 Å². The van der Waals surface area contributed by atoms with Crippen LogP contribution in [-0.2, 0) is 42.8 Å². The highest BCUT2D eigenvalue weighted by molar-refractivity contribution is 7.80. The summed E-state index contributed by atoms with van der Waals surface area (Å²) in [7, 11) is 0. The zero-order valence-electron chi connectivity index (χ0n) is 20.7. The van der Waals surface area contributed by atoms with Gasteiger partial charge in [0.05, 0.1) is 58.9 Å². The van der Waals surface area contributed by atoms with Gasteiger partial charge in [0.15, 0.2) is 0 Å². The molecule has 0 rings (SSSR count). The monoisotopic (exact) mass is 558 g/mol. The van der Waals surface area contributed by atoms with Crippen molar-refractivity contribution in [2.24, 2.45) is 5.41 Å². The zero-order valence-corrected chi connectivity index (χ0v) is 23.4. The Bertz CT molecular complexity index is 534. The van der Waals surface area contributed by atoms with Gasteiger partial charge in [-0.1, -0.05) is 6.92 Å². The highest BCUT2D eigenvalue weighted by Crippen LogP contribution is 2.24. The molecular weight excluding hydrogens is 516 g/mol. The molecule has 0 aromatic rings. The summed E-state index contributed by atoms with van der Waals surface area (Å²) in [6.45, 7) is 5.06. The molecule has 0 atom stereocenters. The van der Waals surface area contributed by atoms with E-state index in [-0.39, 0.29) is 50.4 Å². The number of carbonyl (C=O) groups is 3. The van der Waals surface area contributed by atoms with Crippen LogP contribution in [0.15, 0.2) is 0 Å². The van der Waals surface area contributed by atoms with Crippen LogP contribution in [0.4, 0.5) is 0 Å². The number of esters is 3. The van der Waals surface area contributed by atoms with Gasteiger partial charge in [-0.3, -0.25) is 14.4 Å². The minimum atomic E-state index is -0.402. The van der Waals surface area contributed by atoms with E-state index in [0.717, 1.165) is 6.42 Å². The Kier molecular flexibility index (Phi) is 23.3. The third-order valence-electron chi connectivity index (χ3n) is 4.81. The standard InChI is InChI=1S/C23H42O9S3/c1-2-23(19-29-12-13-32-22(26)7-16-35,17-27-8-3-10-30-20(24)5-14-33)18-28-9-4-11-31-21(25)6-15-34/h33-35H,2-19H2,1H3. The first-order chi connectivity index (χ1) is 16.9. The lowest BCUT2D eigenvalue weighted by molar-refractivity contribution is -0.147. The van der Waals surface area contributed by atoms with Crippen LogP contribution < -0.4 is 0 Å². The van der Waals surface area contributed by atoms with Crippen molar-refractivity contribution < 1.29 is 42.8 Å². The normalized spacial score (nSPS) is 11.3. The molecule has 0 fully saturated rings. The SMILES string of the molecule is CCC(COCCCOC(=O)CCS)(COCCCOC(=O)CCS)COCCOC(=O)CCS. The Morgan fingerprint density at radius 3 is 1.31 bits per heavy atom. The van der Waals surface area contributed by atoms with Gasteiger partial charge in [0.1, 0.15) is 6.61 Å². The minimum Gasteiger partial charge on any atom is -0.466 e. The number of hydrogen-bond donors (Lipinski definition) is 3. The van der Waals surface area contributed by atoms with Gasteiger partial charge in [-0.05, 0) is 6.42 Å². The van der Waals surface area contributed by atoms with Gasteiger partial charge in [-0.2, -0.15) is 37.9 Å². The molecule has 9 nitrogen and oxygen atoms in total. The van der Waals surface area contributed by atoms with E-state index in [2.05, 4.69) is 37.9 Å². The molecule has 0 amide bonds. The van der Waals surface area contributed by atoms with Crippen molar-refractivity contribution in [3.05, 3.63) is 0 Å². The molecule has 206 valence electrons. The van der Waals surface area contributed by atoms with Crippen LogP contribution in [0.5, 0.6) is 0 Å². The summed E-state index contributed by atoms with van der Waals surface area (Å²) in [4.78, 5) is 34.2. The summed E-state index contributed by atoms with van der Waals surface area (Å²) >= 11 is 12.0. The Hall–Kier alpha value is -0.660. The van der Waals surface area contributed by atoms with E-state index < -0.39 is 5.41 Å². The first kappa shape index (κ1) is 34.3. The molecule has 0 aromatic carbocycles. The topological polar surface area (TPSA) is 107 Å². The fraction of sp³-hybridized carbons (Fsp3) is 0.870. The molecule has 0 aliphatic heterocycles. The third-order valence-corrected chi connectivity index (χ3v) is 5.48. The van der Waals surface area contributed by atoms with Crippen molar-refractivity contribution in [3.8, 4) is 0 Å². The van der Waals surface area contributed by atoms with Crippen molar-refractivity contribution in [3.63, 3.8) is 0 Å². The van der Waals surface area contributed by atoms with Crippen LogP contribution in [0.2, 0.25) is 0 Å². The van der Waals surface area contributed by atoms with Gasteiger partial charge < -0.3 is 28.4 Å². The van der Waals surface area contributed by atoms with Crippen LogP contribution in [0, 0.1) is 5.41 Å². The molecule has 35 heavy (non-hydrogen) atoms. The van der Waals surface area contributed by atoms with E-state index >= 15 is 0 Å². The first-order valence-corrected chi connectivity index (χ1v) is 13.9. The highest BCUT2D eigenvalue weighted by Gasteiger charge is 2.30. The average molecular weight is 559 g/mol. The summed E-state index contributed by atoms with van der Waals surface area (Å²) in [6, 6.07) is 0. The van der Waals surface area contributed by atoms with Crippen LogP contribution in [-0.4, -0.2) is 94.6 Å². The molecule has 0 aromatic heterocycles. The molecule has 12 heteroatoms. The van der Waals surface area contributed by atoms with Crippen LogP contribution >= 0.6 is 37.9 Å². The molecule has 0 aliphatic rings. The molecule has 0 saturated heterocycles. The molecule has 0 aliphatic carbocycles. The van der Waals surface area contributed by atoms with E-state index in [1.54, 1.807) is 0 Å². The van der Waals surface area contributed by atoms with Crippen molar-refractivity contribution in [2.75, 3.05) is 76.7 Å². The van der Waals surface area contributed by atoms with E-state index in [4.69, 9.17) is 28.4 Å². The number of hydrogen-bond acceptors (Lipinski definition) is 12. The summed E-state index contributed by atoms with van der Waals surface area (Å²) in [5, 5.41) is 0. The van der Waals surface area contributed by atoms with Gasteiger partial charge in [0.2, 0.25) is 0 Å². The highest BCUT2D eigenvalue weighted by atomic mass is 32.1. The molecule has 0 unspecified atom stereocenters. The summed E-state index contributed by atoms with van der Waals surface area (Å²) < 4.78 is 32.8. The second-order valence-corrected chi connectivity index (χ2v) is 9.14. The summed E-state index contributed by atoms with van der Waals surface area (Å²) in [5.74, 6) is 0.520. The Morgan fingerprint density at radius 1 is 0.571 bits per heavy atom.